The average Bonchev–Trinajstić information content (AvgIpc) is 3.26. The van der Waals surface area contributed by atoms with Crippen LogP contribution in [0.5, 0.6) is 0 Å². The molecule has 0 fully saturated rings. The van der Waals surface area contributed by atoms with Gasteiger partial charge >= 0.3 is 118 Å². The zero-order valence-corrected chi connectivity index (χ0v) is 48.2. The maximum Gasteiger partial charge on any atom is 1.00 e. The monoisotopic (exact) mass is 1050 g/mol. The van der Waals surface area contributed by atoms with Crippen LogP contribution in [0.4, 0.5) is 39.8 Å². The third-order valence-electron chi connectivity index (χ3n) is 9.78. The van der Waals surface area contributed by atoms with Crippen LogP contribution in [0, 0.1) is 0 Å². The summed E-state index contributed by atoms with van der Waals surface area (Å²) in [7, 11) is -20.2. The van der Waals surface area contributed by atoms with Gasteiger partial charge in [-0.3, -0.25) is 10.2 Å². The molecule has 1 aliphatic rings. The van der Waals surface area contributed by atoms with Crippen molar-refractivity contribution in [1.29, 1.82) is 0 Å². The molecule has 7 aromatic rings. The molecule has 0 aromatic heterocycles. The number of carbonyl (C=O) groups is 1. The third kappa shape index (κ3) is 13.6. The Bertz CT molecular complexity index is 3810. The van der Waals surface area contributed by atoms with E-state index in [4.69, 9.17) is 0 Å². The summed E-state index contributed by atoms with van der Waals surface area (Å²) in [4.78, 5) is 10.9. The van der Waals surface area contributed by atoms with Crippen molar-refractivity contribution in [1.82, 2.24) is 0 Å². The molecule has 0 saturated carbocycles. The van der Waals surface area contributed by atoms with Crippen LogP contribution in [-0.4, -0.2) is 63.4 Å². The summed E-state index contributed by atoms with van der Waals surface area (Å²) in [6, 6.07) is 29.8. The maximum absolute atomic E-state index is 13.7. The van der Waals surface area contributed by atoms with E-state index in [1.54, 1.807) is 30.3 Å². The van der Waals surface area contributed by atoms with Gasteiger partial charge in [0.1, 0.15) is 46.2 Å². The van der Waals surface area contributed by atoms with Gasteiger partial charge in [0.25, 0.3) is 0 Å². The molecule has 0 heterocycles. The van der Waals surface area contributed by atoms with E-state index in [9.17, 15) is 56.7 Å². The minimum atomic E-state index is -5.31. The van der Waals surface area contributed by atoms with Crippen molar-refractivity contribution in [2.75, 3.05) is 10.7 Å². The van der Waals surface area contributed by atoms with Crippen LogP contribution in [0.15, 0.2) is 179 Å². The van der Waals surface area contributed by atoms with Crippen LogP contribution in [-0.2, 0) is 40.5 Å². The summed E-state index contributed by atoms with van der Waals surface area (Å²) >= 11 is 0. The van der Waals surface area contributed by atoms with Crippen molar-refractivity contribution in [3.63, 3.8) is 0 Å². The van der Waals surface area contributed by atoms with Gasteiger partial charge in [0.15, 0.2) is 0 Å². The minimum absolute atomic E-state index is 0. The molecule has 28 heteroatoms. The molecule has 7 aromatic carbocycles. The fraction of sp³-hybridized carbons (Fsp3) is 0. The van der Waals surface area contributed by atoms with Crippen LogP contribution in [0.3, 0.4) is 0 Å². The fourth-order valence-electron chi connectivity index (χ4n) is 6.72. The number of para-hydroxylation sites is 1. The van der Waals surface area contributed by atoms with Crippen molar-refractivity contribution < 1.29 is 175 Å². The zero-order chi connectivity index (χ0) is 47.2. The molecule has 0 aliphatic heterocycles. The van der Waals surface area contributed by atoms with Crippen LogP contribution in [0.1, 0.15) is 15.9 Å². The molecule has 0 bridgehead atoms. The molecule has 0 amide bonds. The van der Waals surface area contributed by atoms with Crippen LogP contribution < -0.4 is 129 Å². The Morgan fingerprint density at radius 3 is 1.56 bits per heavy atom. The number of nitrogens with zero attached hydrogens (tertiary/aromatic N) is 5. The van der Waals surface area contributed by atoms with Crippen molar-refractivity contribution in [3.8, 4) is 0 Å². The Balaban J connectivity index is 0.00000266. The normalized spacial score (nSPS) is 13.5. The van der Waals surface area contributed by atoms with Gasteiger partial charge in [0.05, 0.1) is 48.0 Å². The topological polar surface area (TPSA) is 332 Å². The predicted octanol–water partition coefficient (Wildman–Crippen LogP) is -4.15. The Labute approximate surface area is 488 Å². The van der Waals surface area contributed by atoms with E-state index in [1.165, 1.54) is 60.7 Å². The van der Waals surface area contributed by atoms with E-state index in [2.05, 4.69) is 36.3 Å². The number of carbonyl (C=O) groups excluding carboxylic acids is 1. The van der Waals surface area contributed by atoms with Gasteiger partial charge in [-0.25, -0.2) is 33.7 Å². The second kappa shape index (κ2) is 23.6. The number of nitrogens with one attached hydrogen (secondary N) is 2. The molecule has 70 heavy (non-hydrogen) atoms. The largest absolute Gasteiger partial charge is 1.00 e. The van der Waals surface area contributed by atoms with Gasteiger partial charge in [-0.1, -0.05) is 36.4 Å². The number of ketones is 1. The van der Waals surface area contributed by atoms with Crippen molar-refractivity contribution in [2.45, 2.75) is 14.7 Å². The summed E-state index contributed by atoms with van der Waals surface area (Å²) in [6.07, 6.45) is 1.01. The van der Waals surface area contributed by atoms with E-state index >= 15 is 0 Å². The number of hydrazone groups is 1. The zero-order valence-electron chi connectivity index (χ0n) is 37.0. The molecule has 0 radical (unpaired) electrons. The predicted molar refractivity (Wildman–Crippen MR) is 236 cm³/mol. The molecule has 0 unspecified atom stereocenters. The molecular formula is C42H25N7Na4O13S4. The summed E-state index contributed by atoms with van der Waals surface area (Å²) in [6.45, 7) is 0. The molecule has 0 spiro atoms. The molecule has 1 aliphatic carbocycles. The van der Waals surface area contributed by atoms with E-state index in [0.717, 1.165) is 42.5 Å². The second-order valence-corrected chi connectivity index (χ2v) is 19.6. The van der Waals surface area contributed by atoms with E-state index in [0.29, 0.717) is 11.4 Å². The Kier molecular flexibility index (Phi) is 20.0. The first-order valence-electron chi connectivity index (χ1n) is 18.6. The number of allylic oxidation sites excluding steroid dienone is 1. The first-order valence-corrected chi connectivity index (χ1v) is 24.2. The fourth-order valence-corrected chi connectivity index (χ4v) is 8.87. The number of hydrogen-bond donors (Lipinski definition) is 2. The Morgan fingerprint density at radius 1 is 0.443 bits per heavy atom. The van der Waals surface area contributed by atoms with Gasteiger partial charge in [0.2, 0.25) is 5.78 Å². The first kappa shape index (κ1) is 59.1. The van der Waals surface area contributed by atoms with Crippen molar-refractivity contribution >= 4 is 119 Å². The first-order chi connectivity index (χ1) is 31.1. The SMILES string of the molecule is O=C1/C(=N/Nc2ccc(N=Nc3ccc(N=Nc4cccc(S(=O)(=O)[O-])c4)c4ccc(S(=O)(=O)[O-])cc34)c3cc(S(=O)(=O)[O-])ccc23)C(S(=O)(=O)[O-])=Cc2cc(Nc3ccccc3)ccc21.[Na+].[Na+].[Na+].[Na+]. The molecule has 2 N–H and O–H groups in total. The summed E-state index contributed by atoms with van der Waals surface area (Å²) in [5.74, 6) is -0.910. The quantitative estimate of drug-likeness (QED) is 0.0508. The second-order valence-electron chi connectivity index (χ2n) is 14.1. The van der Waals surface area contributed by atoms with E-state index in [-0.39, 0.29) is 179 Å². The molecular weight excluding hydrogens is 1030 g/mol. The van der Waals surface area contributed by atoms with Gasteiger partial charge in [-0.05, 0) is 109 Å². The van der Waals surface area contributed by atoms with E-state index in [1.807, 2.05) is 6.07 Å². The smallest absolute Gasteiger partial charge is 0.744 e. The van der Waals surface area contributed by atoms with Gasteiger partial charge in [-0.15, -0.1) is 15.3 Å². The number of Topliss-reactive ketones (excluding diaryl/α,β-unsaturated/α-hetero) is 1. The number of fused-ring (bicyclic) bond motifs is 3. The minimum Gasteiger partial charge on any atom is -0.744 e. The Morgan fingerprint density at radius 2 is 0.971 bits per heavy atom. The van der Waals surface area contributed by atoms with Crippen molar-refractivity contribution in [3.05, 3.63) is 149 Å². The number of hydrogen-bond acceptors (Lipinski definition) is 20. The molecule has 8 rings (SSSR count). The summed E-state index contributed by atoms with van der Waals surface area (Å²) < 4.78 is 145. The van der Waals surface area contributed by atoms with Crippen molar-refractivity contribution in [2.24, 2.45) is 25.6 Å². The Hall–Kier alpha value is -3.42. The number of azo groups is 2. The van der Waals surface area contributed by atoms with Gasteiger partial charge in [-0.2, -0.15) is 10.2 Å². The number of rotatable bonds is 12. The van der Waals surface area contributed by atoms with Gasteiger partial charge in [0, 0.05) is 38.5 Å². The van der Waals surface area contributed by atoms with Crippen LogP contribution in [0.2, 0.25) is 0 Å². The molecule has 0 saturated heterocycles. The number of anilines is 3. The third-order valence-corrected chi connectivity index (χ3v) is 13.1. The number of benzene rings is 7. The maximum atomic E-state index is 13.7. The standard InChI is InChI=1S/C42H29N7O13S4.4Na/c50-42-31-12-9-26(43-25-5-2-1-3-6-25)19-24(31)20-40(66(60,61)62)41(42)49-48-37-16-18-39(35-23-30(65(57,58)59)11-14-33(35)37)47-46-38-17-15-36(32-13-10-29(22-34(32)38)64(54,55)56)45-44-27-7-4-8-28(21-27)63(51,52)53;;;;/h1-23,43,48H,(H,51,52,53)(H,54,55,56)(H,57,58,59)(H,60,61,62);;;;/q;4*+1/p-4/b45-44?,47-46?,49-41+;;;;. The average molecular weight is 1060 g/mol. The molecule has 334 valence electrons. The summed E-state index contributed by atoms with van der Waals surface area (Å²) in [5, 5.41) is 24.0. The molecule has 20 nitrogen and oxygen atoms in total. The summed E-state index contributed by atoms with van der Waals surface area (Å²) in [5.41, 5.74) is 3.09. The van der Waals surface area contributed by atoms with Crippen LogP contribution >= 0.6 is 0 Å². The van der Waals surface area contributed by atoms with E-state index < -0.39 is 71.6 Å². The van der Waals surface area contributed by atoms with Crippen LogP contribution in [0.25, 0.3) is 27.6 Å². The molecule has 0 atom stereocenters. The van der Waals surface area contributed by atoms with Gasteiger partial charge < -0.3 is 23.5 Å².